The first-order chi connectivity index (χ1) is 14.4. The fourth-order valence-corrected chi connectivity index (χ4v) is 3.73. The molecular weight excluding hydrogens is 404 g/mol. The Balaban J connectivity index is 1.78. The third-order valence-corrected chi connectivity index (χ3v) is 5.36. The molecule has 0 aromatic heterocycles. The molecule has 30 heavy (non-hydrogen) atoms. The topological polar surface area (TPSA) is 93.7 Å². The maximum Gasteiger partial charge on any atom is 0.262 e. The van der Waals surface area contributed by atoms with Crippen LogP contribution < -0.4 is 19.5 Å². The predicted molar refractivity (Wildman–Crippen MR) is 116 cm³/mol. The summed E-state index contributed by atoms with van der Waals surface area (Å²) in [7, 11) is -3.85. The average molecular weight is 426 g/mol. The van der Waals surface area contributed by atoms with Crippen LogP contribution in [0.25, 0.3) is 0 Å². The van der Waals surface area contributed by atoms with Crippen LogP contribution in [-0.4, -0.2) is 20.9 Å². The lowest BCUT2D eigenvalue weighted by Gasteiger charge is -2.14. The standard InChI is InChI=1S/C22H22N2O5S/c1-3-28-18-10-12-19(13-11-18)29-22-7-5-4-6-21(22)24-30(26,27)20-14-8-17(9-15-20)23-16(2)25/h4-15,24H,3H2,1-2H3,(H,23,25). The Bertz CT molecular complexity index is 1110. The lowest BCUT2D eigenvalue weighted by atomic mass is 10.3. The molecule has 8 heteroatoms. The molecule has 0 fully saturated rings. The molecule has 0 atom stereocenters. The van der Waals surface area contributed by atoms with E-state index < -0.39 is 10.0 Å². The number of hydrogen-bond acceptors (Lipinski definition) is 5. The summed E-state index contributed by atoms with van der Waals surface area (Å²) >= 11 is 0. The minimum absolute atomic E-state index is 0.0625. The number of carbonyl (C=O) groups excluding carboxylic acids is 1. The Morgan fingerprint density at radius 2 is 1.53 bits per heavy atom. The summed E-state index contributed by atoms with van der Waals surface area (Å²) in [6.45, 7) is 3.85. The maximum absolute atomic E-state index is 12.8. The highest BCUT2D eigenvalue weighted by Crippen LogP contribution is 2.32. The molecule has 0 aliphatic rings. The van der Waals surface area contributed by atoms with Crippen LogP contribution in [0.15, 0.2) is 77.7 Å². The number of anilines is 2. The Kier molecular flexibility index (Phi) is 6.58. The average Bonchev–Trinajstić information content (AvgIpc) is 2.71. The van der Waals surface area contributed by atoms with Gasteiger partial charge >= 0.3 is 0 Å². The van der Waals surface area contributed by atoms with Gasteiger partial charge in [0.2, 0.25) is 5.91 Å². The molecule has 0 spiro atoms. The van der Waals surface area contributed by atoms with Crippen molar-refractivity contribution >= 4 is 27.3 Å². The number of sulfonamides is 1. The zero-order chi connectivity index (χ0) is 21.6. The first-order valence-electron chi connectivity index (χ1n) is 9.27. The molecule has 3 rings (SSSR count). The molecule has 3 aromatic carbocycles. The quantitative estimate of drug-likeness (QED) is 0.547. The molecular formula is C22H22N2O5S. The van der Waals surface area contributed by atoms with Gasteiger partial charge < -0.3 is 14.8 Å². The monoisotopic (exact) mass is 426 g/mol. The van der Waals surface area contributed by atoms with Crippen LogP contribution in [0.3, 0.4) is 0 Å². The Morgan fingerprint density at radius 3 is 2.17 bits per heavy atom. The number of para-hydroxylation sites is 2. The molecule has 0 unspecified atom stereocenters. The summed E-state index contributed by atoms with van der Waals surface area (Å²) in [5, 5.41) is 2.60. The maximum atomic E-state index is 12.8. The van der Waals surface area contributed by atoms with Gasteiger partial charge in [0.15, 0.2) is 5.75 Å². The molecule has 156 valence electrons. The molecule has 0 aliphatic heterocycles. The van der Waals surface area contributed by atoms with Crippen LogP contribution in [0.4, 0.5) is 11.4 Å². The van der Waals surface area contributed by atoms with Crippen molar-refractivity contribution in [3.05, 3.63) is 72.8 Å². The van der Waals surface area contributed by atoms with E-state index in [0.29, 0.717) is 29.5 Å². The van der Waals surface area contributed by atoms with Gasteiger partial charge in [-0.25, -0.2) is 8.42 Å². The second-order valence-electron chi connectivity index (χ2n) is 6.31. The SMILES string of the molecule is CCOc1ccc(Oc2ccccc2NS(=O)(=O)c2ccc(NC(C)=O)cc2)cc1. The fourth-order valence-electron chi connectivity index (χ4n) is 2.66. The summed E-state index contributed by atoms with van der Waals surface area (Å²) in [6.07, 6.45) is 0. The number of amides is 1. The van der Waals surface area contributed by atoms with Gasteiger partial charge in [0, 0.05) is 12.6 Å². The minimum Gasteiger partial charge on any atom is -0.494 e. The molecule has 1 amide bonds. The van der Waals surface area contributed by atoms with E-state index >= 15 is 0 Å². The van der Waals surface area contributed by atoms with E-state index in [-0.39, 0.29) is 10.8 Å². The number of hydrogen-bond donors (Lipinski definition) is 2. The summed E-state index contributed by atoms with van der Waals surface area (Å²) in [6, 6.07) is 19.7. The number of rotatable bonds is 8. The molecule has 7 nitrogen and oxygen atoms in total. The minimum atomic E-state index is -3.85. The zero-order valence-corrected chi connectivity index (χ0v) is 17.4. The highest BCUT2D eigenvalue weighted by Gasteiger charge is 2.17. The van der Waals surface area contributed by atoms with Crippen molar-refractivity contribution in [1.29, 1.82) is 0 Å². The molecule has 3 aromatic rings. The van der Waals surface area contributed by atoms with Crippen LogP contribution in [0, 0.1) is 0 Å². The first kappa shape index (κ1) is 21.2. The number of benzene rings is 3. The smallest absolute Gasteiger partial charge is 0.262 e. The molecule has 0 saturated heterocycles. The largest absolute Gasteiger partial charge is 0.494 e. The van der Waals surface area contributed by atoms with Gasteiger partial charge in [0.1, 0.15) is 11.5 Å². The van der Waals surface area contributed by atoms with Crippen LogP contribution in [0.2, 0.25) is 0 Å². The highest BCUT2D eigenvalue weighted by molar-refractivity contribution is 7.92. The van der Waals surface area contributed by atoms with E-state index in [1.165, 1.54) is 31.2 Å². The van der Waals surface area contributed by atoms with Crippen molar-refractivity contribution in [2.45, 2.75) is 18.7 Å². The van der Waals surface area contributed by atoms with Crippen molar-refractivity contribution < 1.29 is 22.7 Å². The van der Waals surface area contributed by atoms with Gasteiger partial charge in [-0.05, 0) is 67.6 Å². The molecule has 0 bridgehead atoms. The predicted octanol–water partition coefficient (Wildman–Crippen LogP) is 4.64. The van der Waals surface area contributed by atoms with E-state index in [4.69, 9.17) is 9.47 Å². The van der Waals surface area contributed by atoms with E-state index in [1.807, 2.05) is 6.92 Å². The van der Waals surface area contributed by atoms with Crippen molar-refractivity contribution in [1.82, 2.24) is 0 Å². The van der Waals surface area contributed by atoms with Crippen LogP contribution >= 0.6 is 0 Å². The van der Waals surface area contributed by atoms with Gasteiger partial charge in [0.05, 0.1) is 17.2 Å². The van der Waals surface area contributed by atoms with E-state index in [1.54, 1.807) is 48.5 Å². The zero-order valence-electron chi connectivity index (χ0n) is 16.6. The molecule has 0 aliphatic carbocycles. The summed E-state index contributed by atoms with van der Waals surface area (Å²) in [5.74, 6) is 1.40. The van der Waals surface area contributed by atoms with Crippen LogP contribution in [-0.2, 0) is 14.8 Å². The summed E-state index contributed by atoms with van der Waals surface area (Å²) < 4.78 is 39.4. The van der Waals surface area contributed by atoms with E-state index in [2.05, 4.69) is 10.0 Å². The molecule has 0 radical (unpaired) electrons. The molecule has 2 N–H and O–H groups in total. The van der Waals surface area contributed by atoms with Gasteiger partial charge in [0.25, 0.3) is 10.0 Å². The second-order valence-corrected chi connectivity index (χ2v) is 8.00. The van der Waals surface area contributed by atoms with E-state index in [9.17, 15) is 13.2 Å². The Morgan fingerprint density at radius 1 is 0.900 bits per heavy atom. The third-order valence-electron chi connectivity index (χ3n) is 3.98. The lowest BCUT2D eigenvalue weighted by Crippen LogP contribution is -2.14. The third kappa shape index (κ3) is 5.51. The van der Waals surface area contributed by atoms with Crippen LogP contribution in [0.5, 0.6) is 17.2 Å². The number of carbonyl (C=O) groups is 1. The summed E-state index contributed by atoms with van der Waals surface area (Å²) in [4.78, 5) is 11.2. The normalized spacial score (nSPS) is 10.9. The second kappa shape index (κ2) is 9.32. The Hall–Kier alpha value is -3.52. The summed E-state index contributed by atoms with van der Waals surface area (Å²) in [5.41, 5.74) is 0.818. The Labute approximate surface area is 175 Å². The van der Waals surface area contributed by atoms with Gasteiger partial charge in [-0.15, -0.1) is 0 Å². The fraction of sp³-hybridized carbons (Fsp3) is 0.136. The van der Waals surface area contributed by atoms with Gasteiger partial charge in [-0.3, -0.25) is 9.52 Å². The number of nitrogens with one attached hydrogen (secondary N) is 2. The lowest BCUT2D eigenvalue weighted by molar-refractivity contribution is -0.114. The van der Waals surface area contributed by atoms with E-state index in [0.717, 1.165) is 5.75 Å². The van der Waals surface area contributed by atoms with Crippen molar-refractivity contribution in [3.63, 3.8) is 0 Å². The van der Waals surface area contributed by atoms with Crippen LogP contribution in [0.1, 0.15) is 13.8 Å². The molecule has 0 heterocycles. The highest BCUT2D eigenvalue weighted by atomic mass is 32.2. The van der Waals surface area contributed by atoms with Gasteiger partial charge in [-0.1, -0.05) is 12.1 Å². The van der Waals surface area contributed by atoms with Crippen molar-refractivity contribution in [2.75, 3.05) is 16.6 Å². The number of ether oxygens (including phenoxy) is 2. The van der Waals surface area contributed by atoms with Crippen molar-refractivity contribution in [2.24, 2.45) is 0 Å². The molecule has 0 saturated carbocycles. The van der Waals surface area contributed by atoms with Gasteiger partial charge in [-0.2, -0.15) is 0 Å². The first-order valence-corrected chi connectivity index (χ1v) is 10.8. The van der Waals surface area contributed by atoms with Crippen molar-refractivity contribution in [3.8, 4) is 17.2 Å².